The molecule has 1 fully saturated rings. The molecule has 0 aliphatic carbocycles. The Labute approximate surface area is 98.0 Å². The van der Waals surface area contributed by atoms with E-state index in [1.807, 2.05) is 0 Å². The molecule has 0 radical (unpaired) electrons. The zero-order valence-electron chi connectivity index (χ0n) is 9.46. The molecule has 1 aliphatic rings. The number of carbonyl (C=O) groups is 2. The van der Waals surface area contributed by atoms with E-state index >= 15 is 0 Å². The number of hydrogen-bond acceptors (Lipinski definition) is 4. The number of carboxylic acids is 1. The van der Waals surface area contributed by atoms with Crippen LogP contribution in [0.3, 0.4) is 0 Å². The highest BCUT2D eigenvalue weighted by Crippen LogP contribution is 2.10. The molecule has 2 N–H and O–H groups in total. The lowest BCUT2D eigenvalue weighted by Gasteiger charge is -2.33. The van der Waals surface area contributed by atoms with Gasteiger partial charge >= 0.3 is 5.97 Å². The normalized spacial score (nSPS) is 20.3. The molecule has 1 unspecified atom stereocenters. The van der Waals surface area contributed by atoms with Crippen LogP contribution in [0.15, 0.2) is 12.4 Å². The molecular formula is C10H14N4O3. The van der Waals surface area contributed by atoms with Crippen molar-refractivity contribution >= 4 is 11.9 Å². The van der Waals surface area contributed by atoms with Crippen LogP contribution in [0.25, 0.3) is 0 Å². The van der Waals surface area contributed by atoms with E-state index in [1.54, 1.807) is 13.2 Å². The van der Waals surface area contributed by atoms with E-state index in [0.29, 0.717) is 18.7 Å². The first-order valence-corrected chi connectivity index (χ1v) is 5.32. The van der Waals surface area contributed by atoms with E-state index in [1.165, 1.54) is 15.8 Å². The van der Waals surface area contributed by atoms with E-state index in [9.17, 15) is 9.59 Å². The Morgan fingerprint density at radius 2 is 2.35 bits per heavy atom. The van der Waals surface area contributed by atoms with Gasteiger partial charge in [0.15, 0.2) is 0 Å². The van der Waals surface area contributed by atoms with Gasteiger partial charge in [0.25, 0.3) is 5.91 Å². The maximum absolute atomic E-state index is 12.1. The zero-order valence-corrected chi connectivity index (χ0v) is 9.46. The molecule has 1 aliphatic heterocycles. The van der Waals surface area contributed by atoms with Gasteiger partial charge in [-0.3, -0.25) is 9.48 Å². The van der Waals surface area contributed by atoms with Gasteiger partial charge in [-0.15, -0.1) is 0 Å². The van der Waals surface area contributed by atoms with Crippen LogP contribution in [0.1, 0.15) is 10.4 Å². The number of aryl methyl sites for hydroxylation is 1. The third-order valence-electron chi connectivity index (χ3n) is 2.74. The first-order valence-electron chi connectivity index (χ1n) is 5.32. The monoisotopic (exact) mass is 238 g/mol. The number of nitrogens with zero attached hydrogens (tertiary/aromatic N) is 3. The van der Waals surface area contributed by atoms with E-state index in [0.717, 1.165) is 0 Å². The third-order valence-corrected chi connectivity index (χ3v) is 2.74. The summed E-state index contributed by atoms with van der Waals surface area (Å²) in [5, 5.41) is 15.9. The summed E-state index contributed by atoms with van der Waals surface area (Å²) < 4.78 is 1.52. The second kappa shape index (κ2) is 4.54. The Bertz CT molecular complexity index is 443. The molecule has 2 heterocycles. The quantitative estimate of drug-likeness (QED) is 0.684. The number of amides is 1. The standard InChI is InChI=1S/C10H14N4O3/c1-13-6-7(4-12-13)9(15)14-3-2-11-5-8(14)10(16)17/h4,6,8,11H,2-3,5H2,1H3,(H,16,17). The Hall–Kier alpha value is -1.89. The maximum Gasteiger partial charge on any atom is 0.327 e. The summed E-state index contributed by atoms with van der Waals surface area (Å²) in [6, 6.07) is -0.809. The van der Waals surface area contributed by atoms with Crippen molar-refractivity contribution in [3.8, 4) is 0 Å². The molecule has 2 rings (SSSR count). The summed E-state index contributed by atoms with van der Waals surface area (Å²) in [5.74, 6) is -1.28. The van der Waals surface area contributed by atoms with Gasteiger partial charge in [-0.1, -0.05) is 0 Å². The van der Waals surface area contributed by atoms with Crippen LogP contribution in [0.4, 0.5) is 0 Å². The largest absolute Gasteiger partial charge is 0.480 e. The van der Waals surface area contributed by atoms with Crippen LogP contribution in [-0.4, -0.2) is 57.3 Å². The van der Waals surface area contributed by atoms with Gasteiger partial charge in [0.2, 0.25) is 0 Å². The summed E-state index contributed by atoms with van der Waals surface area (Å²) in [7, 11) is 1.71. The van der Waals surface area contributed by atoms with Crippen molar-refractivity contribution < 1.29 is 14.7 Å². The average Bonchev–Trinajstić information content (AvgIpc) is 2.75. The highest BCUT2D eigenvalue weighted by molar-refractivity contribution is 5.96. The number of piperazine rings is 1. The van der Waals surface area contributed by atoms with Crippen molar-refractivity contribution in [1.82, 2.24) is 20.0 Å². The van der Waals surface area contributed by atoms with Gasteiger partial charge in [-0.2, -0.15) is 5.10 Å². The molecule has 1 aromatic heterocycles. The number of nitrogens with one attached hydrogen (secondary N) is 1. The number of aliphatic carboxylic acids is 1. The van der Waals surface area contributed by atoms with E-state index in [4.69, 9.17) is 5.11 Å². The SMILES string of the molecule is Cn1cc(C(=O)N2CCNCC2C(=O)O)cn1. The molecule has 0 saturated carbocycles. The first kappa shape index (κ1) is 11.6. The second-order valence-electron chi connectivity index (χ2n) is 3.96. The molecule has 1 atom stereocenters. The zero-order chi connectivity index (χ0) is 12.4. The Kier molecular flexibility index (Phi) is 3.10. The molecule has 92 valence electrons. The van der Waals surface area contributed by atoms with Crippen LogP contribution < -0.4 is 5.32 Å². The van der Waals surface area contributed by atoms with Crippen molar-refractivity contribution in [3.05, 3.63) is 18.0 Å². The number of aromatic nitrogens is 2. The van der Waals surface area contributed by atoms with Crippen LogP contribution in [-0.2, 0) is 11.8 Å². The fourth-order valence-electron chi connectivity index (χ4n) is 1.87. The molecule has 1 amide bonds. The third kappa shape index (κ3) is 2.28. The lowest BCUT2D eigenvalue weighted by Crippen LogP contribution is -2.56. The number of carbonyl (C=O) groups excluding carboxylic acids is 1. The molecule has 1 aromatic rings. The minimum atomic E-state index is -0.991. The van der Waals surface area contributed by atoms with Crippen LogP contribution >= 0.6 is 0 Å². The van der Waals surface area contributed by atoms with Crippen molar-refractivity contribution in [1.29, 1.82) is 0 Å². The Morgan fingerprint density at radius 1 is 1.59 bits per heavy atom. The summed E-state index contributed by atoms with van der Waals surface area (Å²) in [6.07, 6.45) is 3.03. The average molecular weight is 238 g/mol. The van der Waals surface area contributed by atoms with Crippen molar-refractivity contribution in [3.63, 3.8) is 0 Å². The van der Waals surface area contributed by atoms with Gasteiger partial charge in [-0.05, 0) is 0 Å². The predicted octanol–water partition coefficient (Wildman–Crippen LogP) is -1.08. The van der Waals surface area contributed by atoms with Crippen LogP contribution in [0.5, 0.6) is 0 Å². The fourth-order valence-corrected chi connectivity index (χ4v) is 1.87. The molecular weight excluding hydrogens is 224 g/mol. The number of carboxylic acid groups (broad SMARTS) is 1. The van der Waals surface area contributed by atoms with Crippen LogP contribution in [0.2, 0.25) is 0 Å². The first-order chi connectivity index (χ1) is 8.09. The van der Waals surface area contributed by atoms with Gasteiger partial charge in [0, 0.05) is 32.9 Å². The van der Waals surface area contributed by atoms with Gasteiger partial charge < -0.3 is 15.3 Å². The van der Waals surface area contributed by atoms with Crippen LogP contribution in [0, 0.1) is 0 Å². The Morgan fingerprint density at radius 3 is 2.94 bits per heavy atom. The second-order valence-corrected chi connectivity index (χ2v) is 3.96. The Balaban J connectivity index is 2.19. The lowest BCUT2D eigenvalue weighted by molar-refractivity contribution is -0.142. The molecule has 0 bridgehead atoms. The number of rotatable bonds is 2. The van der Waals surface area contributed by atoms with E-state index in [-0.39, 0.29) is 12.5 Å². The summed E-state index contributed by atoms with van der Waals surface area (Å²) >= 11 is 0. The van der Waals surface area contributed by atoms with Crippen molar-refractivity contribution in [2.45, 2.75) is 6.04 Å². The predicted molar refractivity (Wildman–Crippen MR) is 58.5 cm³/mol. The lowest BCUT2D eigenvalue weighted by atomic mass is 10.1. The minimum absolute atomic E-state index is 0.279. The highest BCUT2D eigenvalue weighted by atomic mass is 16.4. The maximum atomic E-state index is 12.1. The summed E-state index contributed by atoms with van der Waals surface area (Å²) in [4.78, 5) is 24.5. The van der Waals surface area contributed by atoms with Gasteiger partial charge in [-0.25, -0.2) is 4.79 Å². The van der Waals surface area contributed by atoms with Gasteiger partial charge in [0.1, 0.15) is 6.04 Å². The molecule has 1 saturated heterocycles. The number of hydrogen-bond donors (Lipinski definition) is 2. The van der Waals surface area contributed by atoms with Crippen molar-refractivity contribution in [2.24, 2.45) is 7.05 Å². The topological polar surface area (TPSA) is 87.5 Å². The van der Waals surface area contributed by atoms with E-state index < -0.39 is 12.0 Å². The molecule has 0 spiro atoms. The highest BCUT2D eigenvalue weighted by Gasteiger charge is 2.32. The molecule has 17 heavy (non-hydrogen) atoms. The van der Waals surface area contributed by atoms with Gasteiger partial charge in [0.05, 0.1) is 11.8 Å². The molecule has 7 heteroatoms. The smallest absolute Gasteiger partial charge is 0.327 e. The molecule has 0 aromatic carbocycles. The fraction of sp³-hybridized carbons (Fsp3) is 0.500. The summed E-state index contributed by atoms with van der Waals surface area (Å²) in [6.45, 7) is 1.28. The summed E-state index contributed by atoms with van der Waals surface area (Å²) in [5.41, 5.74) is 0.417. The molecule has 7 nitrogen and oxygen atoms in total. The van der Waals surface area contributed by atoms with Crippen molar-refractivity contribution in [2.75, 3.05) is 19.6 Å². The van der Waals surface area contributed by atoms with E-state index in [2.05, 4.69) is 10.4 Å². The minimum Gasteiger partial charge on any atom is -0.480 e.